The van der Waals surface area contributed by atoms with E-state index in [1.165, 1.54) is 7.11 Å². The summed E-state index contributed by atoms with van der Waals surface area (Å²) < 4.78 is 29.7. The minimum atomic E-state index is -0.742. The molecule has 0 spiro atoms. The fraction of sp³-hybridized carbons (Fsp3) is 0.429. The average molecular weight is 397 g/mol. The number of nitrogens with zero attached hydrogens (tertiary/aromatic N) is 3. The minimum Gasteiger partial charge on any atom is -0.370 e. The highest BCUT2D eigenvalue weighted by atomic mass is 16.7. The lowest BCUT2D eigenvalue weighted by molar-refractivity contribution is -0.344. The van der Waals surface area contributed by atoms with Crippen molar-refractivity contribution in [1.82, 2.24) is 0 Å². The third-order valence-corrected chi connectivity index (χ3v) is 5.08. The maximum atomic E-state index is 9.09. The van der Waals surface area contributed by atoms with E-state index in [9.17, 15) is 0 Å². The first kappa shape index (κ1) is 19.8. The Bertz CT molecular complexity index is 831. The molecule has 2 aliphatic rings. The Hall–Kier alpha value is -2.45. The molecule has 2 saturated heterocycles. The molecule has 2 aromatic carbocycles. The molecule has 0 saturated carbocycles. The Kier molecular flexibility index (Phi) is 6.41. The monoisotopic (exact) mass is 397 g/mol. The number of ether oxygens (including phenoxy) is 5. The number of hydrogen-bond donors (Lipinski definition) is 0. The molecular weight excluding hydrogens is 374 g/mol. The standard InChI is InChI=1S/C21H23N3O5/c1-25-21-17(23-24-22)19(26-12-14-8-4-2-5-9-14)18-16(28-21)13-27-20(29-18)15-10-6-3-7-11-15/h2-11,16-21H,12-13H2,1H3/t16-,17+,18-,19-,20?,21+/m1/s1. The summed E-state index contributed by atoms with van der Waals surface area (Å²) in [4.78, 5) is 2.98. The number of hydrogen-bond acceptors (Lipinski definition) is 6. The van der Waals surface area contributed by atoms with Crippen LogP contribution in [0.3, 0.4) is 0 Å². The second-order valence-electron chi connectivity index (χ2n) is 6.91. The molecule has 6 atom stereocenters. The van der Waals surface area contributed by atoms with Crippen molar-refractivity contribution in [2.45, 2.75) is 43.5 Å². The lowest BCUT2D eigenvalue weighted by atomic mass is 9.96. The first-order chi connectivity index (χ1) is 14.3. The Morgan fingerprint density at radius 3 is 2.48 bits per heavy atom. The van der Waals surface area contributed by atoms with Crippen LogP contribution >= 0.6 is 0 Å². The number of methoxy groups -OCH3 is 1. The van der Waals surface area contributed by atoms with E-state index in [1.54, 1.807) is 0 Å². The topological polar surface area (TPSA) is 94.9 Å². The van der Waals surface area contributed by atoms with Crippen LogP contribution in [0.25, 0.3) is 10.4 Å². The summed E-state index contributed by atoms with van der Waals surface area (Å²) in [6.07, 6.45) is -2.71. The third kappa shape index (κ3) is 4.43. The molecule has 8 heteroatoms. The normalized spacial score (nSPS) is 31.5. The molecule has 2 fully saturated rings. The molecule has 0 bridgehead atoms. The smallest absolute Gasteiger partial charge is 0.184 e. The molecule has 8 nitrogen and oxygen atoms in total. The zero-order valence-electron chi connectivity index (χ0n) is 16.0. The van der Waals surface area contributed by atoms with Gasteiger partial charge in [-0.1, -0.05) is 65.8 Å². The van der Waals surface area contributed by atoms with Crippen molar-refractivity contribution in [2.75, 3.05) is 13.7 Å². The summed E-state index contributed by atoms with van der Waals surface area (Å²) in [5, 5.41) is 3.90. The van der Waals surface area contributed by atoms with Crippen LogP contribution in [0, 0.1) is 0 Å². The van der Waals surface area contributed by atoms with Gasteiger partial charge in [0, 0.05) is 17.6 Å². The minimum absolute atomic E-state index is 0.318. The van der Waals surface area contributed by atoms with Gasteiger partial charge in [0.05, 0.1) is 13.2 Å². The number of fused-ring (bicyclic) bond motifs is 1. The van der Waals surface area contributed by atoms with Gasteiger partial charge in [-0.15, -0.1) is 0 Å². The fourth-order valence-electron chi connectivity index (χ4n) is 3.67. The largest absolute Gasteiger partial charge is 0.370 e. The third-order valence-electron chi connectivity index (χ3n) is 5.08. The van der Waals surface area contributed by atoms with E-state index in [2.05, 4.69) is 10.0 Å². The summed E-state index contributed by atoms with van der Waals surface area (Å²) in [5.41, 5.74) is 11.0. The molecule has 4 rings (SSSR count). The molecule has 0 aliphatic carbocycles. The molecule has 2 heterocycles. The van der Waals surface area contributed by atoms with Gasteiger partial charge in [-0.3, -0.25) is 0 Å². The van der Waals surface area contributed by atoms with Crippen LogP contribution < -0.4 is 0 Å². The van der Waals surface area contributed by atoms with Gasteiger partial charge in [-0.05, 0) is 11.1 Å². The first-order valence-corrected chi connectivity index (χ1v) is 9.50. The number of benzene rings is 2. The van der Waals surface area contributed by atoms with Gasteiger partial charge in [0.2, 0.25) is 0 Å². The van der Waals surface area contributed by atoms with Crippen LogP contribution in [0.15, 0.2) is 65.8 Å². The van der Waals surface area contributed by atoms with Crippen molar-refractivity contribution in [3.63, 3.8) is 0 Å². The SMILES string of the molecule is CO[C@H]1O[C@@H]2COC(c3ccccc3)O[C@H]2[C@H](OCc2ccccc2)[C@@H]1N=[N+]=[N-]. The molecule has 152 valence electrons. The first-order valence-electron chi connectivity index (χ1n) is 9.50. The predicted octanol–water partition coefficient (Wildman–Crippen LogP) is 3.74. The van der Waals surface area contributed by atoms with Gasteiger partial charge in [-0.25, -0.2) is 0 Å². The van der Waals surface area contributed by atoms with Crippen molar-refractivity contribution in [3.05, 3.63) is 82.2 Å². The van der Waals surface area contributed by atoms with Gasteiger partial charge in [0.25, 0.3) is 0 Å². The molecule has 29 heavy (non-hydrogen) atoms. The van der Waals surface area contributed by atoms with E-state index in [1.807, 2.05) is 60.7 Å². The van der Waals surface area contributed by atoms with Gasteiger partial charge >= 0.3 is 0 Å². The highest BCUT2D eigenvalue weighted by molar-refractivity contribution is 5.17. The van der Waals surface area contributed by atoms with Crippen molar-refractivity contribution in [3.8, 4) is 0 Å². The highest BCUT2D eigenvalue weighted by Gasteiger charge is 2.50. The Morgan fingerprint density at radius 1 is 1.07 bits per heavy atom. The highest BCUT2D eigenvalue weighted by Crippen LogP contribution is 2.36. The van der Waals surface area contributed by atoms with Gasteiger partial charge < -0.3 is 23.7 Å². The summed E-state index contributed by atoms with van der Waals surface area (Å²) in [6.45, 7) is 0.668. The molecule has 2 aliphatic heterocycles. The summed E-state index contributed by atoms with van der Waals surface area (Å²) >= 11 is 0. The molecule has 1 unspecified atom stereocenters. The van der Waals surface area contributed by atoms with E-state index in [0.717, 1.165) is 11.1 Å². The van der Waals surface area contributed by atoms with E-state index in [-0.39, 0.29) is 0 Å². The number of rotatable bonds is 6. The quantitative estimate of drug-likeness (QED) is 0.420. The maximum Gasteiger partial charge on any atom is 0.184 e. The Labute approximate surface area is 168 Å². The van der Waals surface area contributed by atoms with Crippen LogP contribution in [0.2, 0.25) is 0 Å². The van der Waals surface area contributed by atoms with E-state index in [4.69, 9.17) is 29.2 Å². The van der Waals surface area contributed by atoms with Crippen LogP contribution in [0.1, 0.15) is 17.4 Å². The van der Waals surface area contributed by atoms with Gasteiger partial charge in [0.15, 0.2) is 12.6 Å². The predicted molar refractivity (Wildman–Crippen MR) is 104 cm³/mol. The van der Waals surface area contributed by atoms with Crippen LogP contribution in [0.5, 0.6) is 0 Å². The lowest BCUT2D eigenvalue weighted by Crippen LogP contribution is -2.62. The molecule has 0 N–H and O–H groups in total. The Morgan fingerprint density at radius 2 is 1.79 bits per heavy atom. The van der Waals surface area contributed by atoms with Crippen LogP contribution in [-0.2, 0) is 30.3 Å². The van der Waals surface area contributed by atoms with Gasteiger partial charge in [-0.2, -0.15) is 0 Å². The number of azide groups is 1. The average Bonchev–Trinajstić information content (AvgIpc) is 2.79. The maximum absolute atomic E-state index is 9.09. The second-order valence-corrected chi connectivity index (χ2v) is 6.91. The molecule has 0 aromatic heterocycles. The lowest BCUT2D eigenvalue weighted by Gasteiger charge is -2.47. The van der Waals surface area contributed by atoms with Crippen LogP contribution in [-0.4, -0.2) is 44.4 Å². The summed E-state index contributed by atoms with van der Waals surface area (Å²) in [6, 6.07) is 18.8. The van der Waals surface area contributed by atoms with Crippen LogP contribution in [0.4, 0.5) is 0 Å². The van der Waals surface area contributed by atoms with Crippen molar-refractivity contribution in [1.29, 1.82) is 0 Å². The molecular formula is C21H23N3O5. The second kappa shape index (κ2) is 9.37. The van der Waals surface area contributed by atoms with E-state index < -0.39 is 36.9 Å². The van der Waals surface area contributed by atoms with Crippen molar-refractivity contribution < 1.29 is 23.7 Å². The molecule has 2 aromatic rings. The molecule has 0 amide bonds. The van der Waals surface area contributed by atoms with Gasteiger partial charge in [0.1, 0.15) is 24.4 Å². The Balaban J connectivity index is 1.58. The molecule has 0 radical (unpaired) electrons. The fourth-order valence-corrected chi connectivity index (χ4v) is 3.67. The van der Waals surface area contributed by atoms with E-state index >= 15 is 0 Å². The summed E-state index contributed by atoms with van der Waals surface area (Å²) in [7, 11) is 1.51. The van der Waals surface area contributed by atoms with Crippen molar-refractivity contribution >= 4 is 0 Å². The zero-order valence-corrected chi connectivity index (χ0v) is 16.0. The zero-order chi connectivity index (χ0) is 20.1. The van der Waals surface area contributed by atoms with E-state index in [0.29, 0.717) is 13.2 Å². The van der Waals surface area contributed by atoms with Crippen molar-refractivity contribution in [2.24, 2.45) is 5.11 Å². The summed E-state index contributed by atoms with van der Waals surface area (Å²) in [5.74, 6) is 0.